The Morgan fingerprint density at radius 1 is 1.05 bits per heavy atom. The van der Waals surface area contributed by atoms with Gasteiger partial charge in [0, 0.05) is 5.56 Å². The third-order valence-corrected chi connectivity index (χ3v) is 3.19. The van der Waals surface area contributed by atoms with Crippen molar-refractivity contribution in [2.45, 2.75) is 0 Å². The van der Waals surface area contributed by atoms with Crippen LogP contribution in [-0.4, -0.2) is 19.2 Å². The molecule has 3 rings (SSSR count). The molecule has 1 heterocycles. The Labute approximate surface area is 114 Å². The zero-order chi connectivity index (χ0) is 14.1. The number of carbonyl (C=O) groups is 1. The highest BCUT2D eigenvalue weighted by atomic mass is 19.2. The molecule has 0 aliphatic carbocycles. The Bertz CT molecular complexity index is 673. The van der Waals surface area contributed by atoms with E-state index in [1.54, 1.807) is 24.3 Å². The van der Waals surface area contributed by atoms with Gasteiger partial charge < -0.3 is 4.74 Å². The second kappa shape index (κ2) is 4.92. The molecule has 102 valence electrons. The van der Waals surface area contributed by atoms with Crippen LogP contribution in [0.4, 0.5) is 19.3 Å². The quantitative estimate of drug-likeness (QED) is 0.838. The predicted molar refractivity (Wildman–Crippen MR) is 70.5 cm³/mol. The van der Waals surface area contributed by atoms with E-state index in [0.717, 1.165) is 12.1 Å². The van der Waals surface area contributed by atoms with Gasteiger partial charge in [-0.1, -0.05) is 24.3 Å². The molecule has 0 saturated carbocycles. The first-order valence-corrected chi connectivity index (χ1v) is 6.15. The number of benzene rings is 2. The van der Waals surface area contributed by atoms with Gasteiger partial charge in [-0.25, -0.2) is 13.6 Å². The monoisotopic (exact) mass is 275 g/mol. The van der Waals surface area contributed by atoms with E-state index in [1.165, 1.54) is 11.0 Å². The molecule has 0 atom stereocenters. The average molecular weight is 275 g/mol. The van der Waals surface area contributed by atoms with Crippen LogP contribution in [0.5, 0.6) is 0 Å². The van der Waals surface area contributed by atoms with Crippen LogP contribution in [0.3, 0.4) is 0 Å². The molecule has 1 amide bonds. The maximum absolute atomic E-state index is 13.4. The largest absolute Gasteiger partial charge is 0.447 e. The van der Waals surface area contributed by atoms with Crippen molar-refractivity contribution in [2.24, 2.45) is 0 Å². The maximum atomic E-state index is 13.4. The number of nitrogens with zero attached hydrogens (tertiary/aromatic N) is 1. The van der Waals surface area contributed by atoms with Crippen LogP contribution in [0, 0.1) is 11.6 Å². The molecule has 0 aromatic heterocycles. The van der Waals surface area contributed by atoms with Gasteiger partial charge in [0.1, 0.15) is 6.61 Å². The lowest BCUT2D eigenvalue weighted by Gasteiger charge is -2.17. The molecule has 0 unspecified atom stereocenters. The predicted octanol–water partition coefficient (Wildman–Crippen LogP) is 3.59. The first kappa shape index (κ1) is 12.6. The van der Waals surface area contributed by atoms with Crippen molar-refractivity contribution in [1.29, 1.82) is 0 Å². The van der Waals surface area contributed by atoms with Crippen LogP contribution in [0.2, 0.25) is 0 Å². The van der Waals surface area contributed by atoms with E-state index in [0.29, 0.717) is 30.0 Å². The molecule has 1 aliphatic rings. The summed E-state index contributed by atoms with van der Waals surface area (Å²) in [4.78, 5) is 13.1. The summed E-state index contributed by atoms with van der Waals surface area (Å²) in [5.74, 6) is -1.81. The number of anilines is 1. The number of rotatable bonds is 2. The van der Waals surface area contributed by atoms with Gasteiger partial charge in [-0.15, -0.1) is 0 Å². The summed E-state index contributed by atoms with van der Waals surface area (Å²) < 4.78 is 31.3. The second-order valence-electron chi connectivity index (χ2n) is 4.41. The number of ether oxygens (including phenoxy) is 1. The molecule has 2 aromatic rings. The number of carbonyl (C=O) groups excluding carboxylic acids is 1. The fraction of sp³-hybridized carbons (Fsp3) is 0.133. The SMILES string of the molecule is O=C1OCCN1c1ccccc1-c1ccc(F)c(F)c1. The summed E-state index contributed by atoms with van der Waals surface area (Å²) in [6.07, 6.45) is -0.431. The first-order chi connectivity index (χ1) is 9.66. The third-order valence-electron chi connectivity index (χ3n) is 3.19. The topological polar surface area (TPSA) is 29.5 Å². The molecule has 2 aromatic carbocycles. The summed E-state index contributed by atoms with van der Waals surface area (Å²) in [6.45, 7) is 0.768. The first-order valence-electron chi connectivity index (χ1n) is 6.15. The minimum Gasteiger partial charge on any atom is -0.447 e. The number of hydrogen-bond donors (Lipinski definition) is 0. The molecule has 1 aliphatic heterocycles. The fourth-order valence-electron chi connectivity index (χ4n) is 2.23. The van der Waals surface area contributed by atoms with E-state index in [9.17, 15) is 13.6 Å². The highest BCUT2D eigenvalue weighted by Gasteiger charge is 2.25. The van der Waals surface area contributed by atoms with Crippen LogP contribution in [0.15, 0.2) is 42.5 Å². The van der Waals surface area contributed by atoms with Gasteiger partial charge >= 0.3 is 6.09 Å². The molecule has 0 bridgehead atoms. The van der Waals surface area contributed by atoms with Crippen molar-refractivity contribution in [3.63, 3.8) is 0 Å². The molecular formula is C15H11F2NO2. The lowest BCUT2D eigenvalue weighted by atomic mass is 10.0. The van der Waals surface area contributed by atoms with Crippen molar-refractivity contribution in [3.05, 3.63) is 54.1 Å². The minimum absolute atomic E-state index is 0.324. The average Bonchev–Trinajstić information content (AvgIpc) is 2.88. The van der Waals surface area contributed by atoms with E-state index in [1.807, 2.05) is 0 Å². The normalized spacial score (nSPS) is 14.5. The number of amides is 1. The summed E-state index contributed by atoms with van der Waals surface area (Å²) in [5.41, 5.74) is 1.80. The van der Waals surface area contributed by atoms with E-state index >= 15 is 0 Å². The highest BCUT2D eigenvalue weighted by Crippen LogP contribution is 2.32. The van der Waals surface area contributed by atoms with Gasteiger partial charge in [0.25, 0.3) is 0 Å². The molecule has 1 saturated heterocycles. The summed E-state index contributed by atoms with van der Waals surface area (Å²) >= 11 is 0. The van der Waals surface area contributed by atoms with Gasteiger partial charge in [-0.3, -0.25) is 4.90 Å². The zero-order valence-electron chi connectivity index (χ0n) is 10.5. The molecule has 5 heteroatoms. The summed E-state index contributed by atoms with van der Waals surface area (Å²) in [5, 5.41) is 0. The van der Waals surface area contributed by atoms with Gasteiger partial charge in [0.05, 0.1) is 12.2 Å². The smallest absolute Gasteiger partial charge is 0.414 e. The van der Waals surface area contributed by atoms with E-state index < -0.39 is 17.7 Å². The molecule has 0 radical (unpaired) electrons. The molecule has 0 N–H and O–H groups in total. The van der Waals surface area contributed by atoms with E-state index in [-0.39, 0.29) is 0 Å². The molecule has 1 fully saturated rings. The second-order valence-corrected chi connectivity index (χ2v) is 4.41. The Morgan fingerprint density at radius 3 is 2.55 bits per heavy atom. The molecule has 0 spiro atoms. The Hall–Kier alpha value is -2.43. The molecular weight excluding hydrogens is 264 g/mol. The lowest BCUT2D eigenvalue weighted by molar-refractivity contribution is 0.181. The van der Waals surface area contributed by atoms with Crippen molar-refractivity contribution in [3.8, 4) is 11.1 Å². The van der Waals surface area contributed by atoms with Crippen LogP contribution < -0.4 is 4.90 Å². The van der Waals surface area contributed by atoms with Gasteiger partial charge in [0.15, 0.2) is 11.6 Å². The summed E-state index contributed by atoms with van der Waals surface area (Å²) in [6, 6.07) is 10.8. The van der Waals surface area contributed by atoms with Crippen molar-refractivity contribution in [1.82, 2.24) is 0 Å². The minimum atomic E-state index is -0.915. The Morgan fingerprint density at radius 2 is 1.85 bits per heavy atom. The molecule has 20 heavy (non-hydrogen) atoms. The van der Waals surface area contributed by atoms with E-state index in [4.69, 9.17) is 4.74 Å². The van der Waals surface area contributed by atoms with Crippen LogP contribution in [-0.2, 0) is 4.74 Å². The van der Waals surface area contributed by atoms with Crippen LogP contribution in [0.1, 0.15) is 0 Å². The highest BCUT2D eigenvalue weighted by molar-refractivity contribution is 5.95. The van der Waals surface area contributed by atoms with E-state index in [2.05, 4.69) is 0 Å². The number of hydrogen-bond acceptors (Lipinski definition) is 2. The molecule has 3 nitrogen and oxygen atoms in total. The number of cyclic esters (lactones) is 1. The zero-order valence-corrected chi connectivity index (χ0v) is 10.5. The standard InChI is InChI=1S/C15H11F2NO2/c16-12-6-5-10(9-13(12)17)11-3-1-2-4-14(11)18-7-8-20-15(18)19/h1-6,9H,7-8H2. The van der Waals surface area contributed by atoms with Crippen LogP contribution >= 0.6 is 0 Å². The lowest BCUT2D eigenvalue weighted by Crippen LogP contribution is -2.23. The van der Waals surface area contributed by atoms with Crippen molar-refractivity contribution < 1.29 is 18.3 Å². The number of halogens is 2. The van der Waals surface area contributed by atoms with Gasteiger partial charge in [-0.2, -0.15) is 0 Å². The number of para-hydroxylation sites is 1. The maximum Gasteiger partial charge on any atom is 0.414 e. The Kier molecular flexibility index (Phi) is 3.10. The fourth-order valence-corrected chi connectivity index (χ4v) is 2.23. The summed E-state index contributed by atoms with van der Waals surface area (Å²) in [7, 11) is 0. The van der Waals surface area contributed by atoms with Gasteiger partial charge in [-0.05, 0) is 23.8 Å². The Balaban J connectivity index is 2.09. The van der Waals surface area contributed by atoms with Crippen molar-refractivity contribution >= 4 is 11.8 Å². The van der Waals surface area contributed by atoms with Gasteiger partial charge in [0.2, 0.25) is 0 Å². The van der Waals surface area contributed by atoms with Crippen molar-refractivity contribution in [2.75, 3.05) is 18.1 Å². The van der Waals surface area contributed by atoms with Crippen LogP contribution in [0.25, 0.3) is 11.1 Å². The third kappa shape index (κ3) is 2.11.